The first kappa shape index (κ1) is 14.3. The van der Waals surface area contributed by atoms with Crippen molar-refractivity contribution in [3.05, 3.63) is 0 Å². The monoisotopic (exact) mass is 267 g/mol. The van der Waals surface area contributed by atoms with Gasteiger partial charge >= 0.3 is 11.8 Å². The number of hydrogen-bond acceptors (Lipinski definition) is 3. The molecule has 0 spiro atoms. The Bertz CT molecular complexity index is 389. The molecule has 5 heteroatoms. The highest BCUT2D eigenvalue weighted by Gasteiger charge is 2.59. The molecule has 2 aliphatic carbocycles. The molecule has 19 heavy (non-hydrogen) atoms. The summed E-state index contributed by atoms with van der Waals surface area (Å²) in [6, 6.07) is 0.0786. The van der Waals surface area contributed by atoms with Crippen molar-refractivity contribution in [3.63, 3.8) is 0 Å². The second-order valence-electron chi connectivity index (χ2n) is 6.87. The second-order valence-corrected chi connectivity index (χ2v) is 6.87. The maximum Gasteiger partial charge on any atom is 0.309 e. The van der Waals surface area contributed by atoms with Crippen LogP contribution in [0.1, 0.15) is 40.0 Å². The Labute approximate surface area is 114 Å². The summed E-state index contributed by atoms with van der Waals surface area (Å²) in [5.74, 6) is -0.456. The molecule has 2 rings (SSSR count). The van der Waals surface area contributed by atoms with Crippen molar-refractivity contribution in [1.29, 1.82) is 0 Å². The number of rotatable bonds is 3. The number of fused-ring (bicyclic) bond motifs is 2. The van der Waals surface area contributed by atoms with Crippen LogP contribution in [0.3, 0.4) is 0 Å². The van der Waals surface area contributed by atoms with Gasteiger partial charge in [0.1, 0.15) is 0 Å². The molecular weight excluding hydrogens is 242 g/mol. The molecule has 0 aromatic heterocycles. The maximum atomic E-state index is 11.9. The first-order chi connectivity index (χ1) is 8.81. The van der Waals surface area contributed by atoms with Crippen molar-refractivity contribution in [1.82, 2.24) is 10.6 Å². The molecular formula is C14H25N3O2. The van der Waals surface area contributed by atoms with Crippen LogP contribution >= 0.6 is 0 Å². The van der Waals surface area contributed by atoms with E-state index in [1.807, 2.05) is 0 Å². The molecule has 0 aliphatic heterocycles. The zero-order valence-electron chi connectivity index (χ0n) is 12.1. The fourth-order valence-corrected chi connectivity index (χ4v) is 4.12. The molecule has 4 N–H and O–H groups in total. The van der Waals surface area contributed by atoms with E-state index in [2.05, 4.69) is 31.4 Å². The Morgan fingerprint density at radius 3 is 2.47 bits per heavy atom. The van der Waals surface area contributed by atoms with Crippen LogP contribution in [0.4, 0.5) is 0 Å². The molecule has 0 aromatic carbocycles. The van der Waals surface area contributed by atoms with Crippen molar-refractivity contribution in [3.8, 4) is 0 Å². The molecule has 0 radical (unpaired) electrons. The van der Waals surface area contributed by atoms with E-state index < -0.39 is 11.8 Å². The van der Waals surface area contributed by atoms with E-state index in [9.17, 15) is 9.59 Å². The van der Waals surface area contributed by atoms with Crippen LogP contribution in [0.15, 0.2) is 0 Å². The molecule has 0 aromatic rings. The van der Waals surface area contributed by atoms with Crippen LogP contribution in [0.2, 0.25) is 0 Å². The lowest BCUT2D eigenvalue weighted by molar-refractivity contribution is -0.140. The van der Waals surface area contributed by atoms with Gasteiger partial charge in [-0.05, 0) is 36.0 Å². The minimum absolute atomic E-state index is 0.0663. The smallest absolute Gasteiger partial charge is 0.309 e. The van der Waals surface area contributed by atoms with Crippen molar-refractivity contribution in [2.45, 2.75) is 46.1 Å². The third-order valence-electron chi connectivity index (χ3n) is 5.18. The first-order valence-corrected chi connectivity index (χ1v) is 7.10. The van der Waals surface area contributed by atoms with E-state index in [4.69, 9.17) is 5.73 Å². The van der Waals surface area contributed by atoms with Crippen LogP contribution in [0, 0.1) is 16.7 Å². The van der Waals surface area contributed by atoms with Crippen molar-refractivity contribution < 1.29 is 9.59 Å². The van der Waals surface area contributed by atoms with E-state index in [0.29, 0.717) is 19.0 Å². The van der Waals surface area contributed by atoms with Crippen molar-refractivity contribution in [2.75, 3.05) is 13.1 Å². The summed E-state index contributed by atoms with van der Waals surface area (Å²) in [5.41, 5.74) is 5.51. The van der Waals surface area contributed by atoms with E-state index >= 15 is 0 Å². The lowest BCUT2D eigenvalue weighted by atomic mass is 9.68. The zero-order chi connectivity index (χ0) is 14.3. The Balaban J connectivity index is 2.02. The van der Waals surface area contributed by atoms with Gasteiger partial charge in [0.05, 0.1) is 0 Å². The van der Waals surface area contributed by atoms with E-state index in [1.165, 1.54) is 6.42 Å². The molecule has 2 amide bonds. The number of nitrogens with one attached hydrogen (secondary N) is 2. The molecule has 108 valence electrons. The van der Waals surface area contributed by atoms with Gasteiger partial charge in [0.2, 0.25) is 0 Å². The molecule has 5 nitrogen and oxygen atoms in total. The summed E-state index contributed by atoms with van der Waals surface area (Å²) < 4.78 is 0. The minimum atomic E-state index is -0.576. The quantitative estimate of drug-likeness (QED) is 0.647. The third kappa shape index (κ3) is 2.36. The van der Waals surface area contributed by atoms with Gasteiger partial charge in [-0.25, -0.2) is 0 Å². The lowest BCUT2D eigenvalue weighted by Crippen LogP contribution is -2.55. The summed E-state index contributed by atoms with van der Waals surface area (Å²) in [7, 11) is 0. The van der Waals surface area contributed by atoms with E-state index in [-0.39, 0.29) is 16.9 Å². The predicted octanol–water partition coefficient (Wildman–Crippen LogP) is 0.392. The van der Waals surface area contributed by atoms with Crippen molar-refractivity contribution >= 4 is 11.8 Å². The average molecular weight is 267 g/mol. The molecule has 2 fully saturated rings. The highest BCUT2D eigenvalue weighted by atomic mass is 16.2. The first-order valence-electron chi connectivity index (χ1n) is 7.10. The molecule has 0 saturated heterocycles. The van der Waals surface area contributed by atoms with E-state index in [0.717, 1.165) is 12.8 Å². The molecule has 2 aliphatic rings. The SMILES string of the molecule is CC12CCC(C1)C(C)(C)C2NC(=O)C(=O)NCCN. The van der Waals surface area contributed by atoms with Gasteiger partial charge in [-0.15, -0.1) is 0 Å². The highest BCUT2D eigenvalue weighted by molar-refractivity contribution is 6.35. The molecule has 3 unspecified atom stereocenters. The van der Waals surface area contributed by atoms with Gasteiger partial charge in [-0.3, -0.25) is 9.59 Å². The van der Waals surface area contributed by atoms with Gasteiger partial charge < -0.3 is 16.4 Å². The van der Waals surface area contributed by atoms with Gasteiger partial charge in [0.25, 0.3) is 0 Å². The van der Waals surface area contributed by atoms with Gasteiger partial charge in [-0.1, -0.05) is 20.8 Å². The normalized spacial score (nSPS) is 35.2. The summed E-state index contributed by atoms with van der Waals surface area (Å²) in [6.07, 6.45) is 3.51. The topological polar surface area (TPSA) is 84.2 Å². The van der Waals surface area contributed by atoms with Gasteiger partial charge in [0.15, 0.2) is 0 Å². The Hall–Kier alpha value is -1.10. The number of carbonyl (C=O) groups excluding carboxylic acids is 2. The fraction of sp³-hybridized carbons (Fsp3) is 0.857. The average Bonchev–Trinajstić information content (AvgIpc) is 2.82. The number of amides is 2. The molecule has 2 saturated carbocycles. The third-order valence-corrected chi connectivity index (χ3v) is 5.18. The Morgan fingerprint density at radius 1 is 1.26 bits per heavy atom. The number of carbonyl (C=O) groups is 2. The largest absolute Gasteiger partial charge is 0.347 e. The van der Waals surface area contributed by atoms with Gasteiger partial charge in [-0.2, -0.15) is 0 Å². The summed E-state index contributed by atoms with van der Waals surface area (Å²) in [5, 5.41) is 5.47. The number of nitrogens with two attached hydrogens (primary N) is 1. The standard InChI is InChI=1S/C14H25N3O2/c1-13(2)9-4-5-14(3,8-9)12(13)17-11(19)10(18)16-7-6-15/h9,12H,4-8,15H2,1-3H3,(H,16,18)(H,17,19). The van der Waals surface area contributed by atoms with Crippen LogP contribution in [-0.4, -0.2) is 30.9 Å². The van der Waals surface area contributed by atoms with Crippen LogP contribution in [0.25, 0.3) is 0 Å². The Morgan fingerprint density at radius 2 is 1.95 bits per heavy atom. The fourth-order valence-electron chi connectivity index (χ4n) is 4.12. The zero-order valence-corrected chi connectivity index (χ0v) is 12.1. The van der Waals surface area contributed by atoms with Gasteiger partial charge in [0, 0.05) is 19.1 Å². The maximum absolute atomic E-state index is 11.9. The molecule has 2 bridgehead atoms. The Kier molecular flexibility index (Phi) is 3.60. The van der Waals surface area contributed by atoms with Crippen LogP contribution in [-0.2, 0) is 9.59 Å². The minimum Gasteiger partial charge on any atom is -0.347 e. The highest BCUT2D eigenvalue weighted by Crippen LogP contribution is 2.62. The lowest BCUT2D eigenvalue weighted by Gasteiger charge is -2.42. The summed E-state index contributed by atoms with van der Waals surface area (Å²) in [4.78, 5) is 23.6. The summed E-state index contributed by atoms with van der Waals surface area (Å²) >= 11 is 0. The predicted molar refractivity (Wildman–Crippen MR) is 73.2 cm³/mol. The number of hydrogen-bond donors (Lipinski definition) is 3. The second kappa shape index (κ2) is 4.78. The van der Waals surface area contributed by atoms with E-state index in [1.54, 1.807) is 0 Å². The molecule has 0 heterocycles. The summed E-state index contributed by atoms with van der Waals surface area (Å²) in [6.45, 7) is 7.30. The molecule has 3 atom stereocenters. The van der Waals surface area contributed by atoms with Crippen LogP contribution in [0.5, 0.6) is 0 Å². The van der Waals surface area contributed by atoms with Crippen LogP contribution < -0.4 is 16.4 Å². The van der Waals surface area contributed by atoms with Crippen molar-refractivity contribution in [2.24, 2.45) is 22.5 Å².